The Morgan fingerprint density at radius 2 is 2.15 bits per heavy atom. The van der Waals surface area contributed by atoms with E-state index in [0.29, 0.717) is 6.54 Å². The van der Waals surface area contributed by atoms with Crippen molar-refractivity contribution < 1.29 is 9.59 Å². The second-order valence-electron chi connectivity index (χ2n) is 2.76. The summed E-state index contributed by atoms with van der Waals surface area (Å²) in [5.41, 5.74) is 2.13. The third-order valence-electron chi connectivity index (χ3n) is 1.82. The summed E-state index contributed by atoms with van der Waals surface area (Å²) >= 11 is 0. The number of benzene rings is 1. The third-order valence-corrected chi connectivity index (χ3v) is 1.82. The molecule has 1 amide bonds. The van der Waals surface area contributed by atoms with Crippen LogP contribution < -0.4 is 5.32 Å². The zero-order chi connectivity index (χ0) is 9.68. The molecule has 0 aliphatic heterocycles. The van der Waals surface area contributed by atoms with Gasteiger partial charge in [-0.1, -0.05) is 24.3 Å². The highest BCUT2D eigenvalue weighted by atomic mass is 16.2. The molecule has 0 fully saturated rings. The van der Waals surface area contributed by atoms with E-state index in [1.807, 2.05) is 31.2 Å². The first-order valence-electron chi connectivity index (χ1n) is 4.01. The van der Waals surface area contributed by atoms with Crippen LogP contribution in [0, 0.1) is 6.92 Å². The molecule has 0 aliphatic rings. The molecular weight excluding hydrogens is 166 g/mol. The maximum atomic E-state index is 10.6. The van der Waals surface area contributed by atoms with E-state index in [1.165, 1.54) is 0 Å². The van der Waals surface area contributed by atoms with Gasteiger partial charge < -0.3 is 5.32 Å². The van der Waals surface area contributed by atoms with E-state index < -0.39 is 5.91 Å². The van der Waals surface area contributed by atoms with Crippen molar-refractivity contribution in [2.24, 2.45) is 0 Å². The zero-order valence-electron chi connectivity index (χ0n) is 7.41. The molecule has 1 rings (SSSR count). The summed E-state index contributed by atoms with van der Waals surface area (Å²) in [7, 11) is 0. The second kappa shape index (κ2) is 4.40. The zero-order valence-corrected chi connectivity index (χ0v) is 7.41. The minimum absolute atomic E-state index is 0.276. The van der Waals surface area contributed by atoms with Gasteiger partial charge in [-0.2, -0.15) is 0 Å². The van der Waals surface area contributed by atoms with Crippen molar-refractivity contribution >= 4 is 12.2 Å². The van der Waals surface area contributed by atoms with Crippen LogP contribution in [-0.4, -0.2) is 12.2 Å². The van der Waals surface area contributed by atoms with E-state index >= 15 is 0 Å². The Hall–Kier alpha value is -1.64. The van der Waals surface area contributed by atoms with Gasteiger partial charge in [0.05, 0.1) is 0 Å². The lowest BCUT2D eigenvalue weighted by atomic mass is 10.1. The Bertz CT molecular complexity index is 320. The average Bonchev–Trinajstić information content (AvgIpc) is 2.16. The highest BCUT2D eigenvalue weighted by molar-refractivity contribution is 6.23. The first kappa shape index (κ1) is 9.45. The van der Waals surface area contributed by atoms with Crippen LogP contribution in [0.15, 0.2) is 24.3 Å². The van der Waals surface area contributed by atoms with Crippen LogP contribution in [0.2, 0.25) is 0 Å². The third kappa shape index (κ3) is 2.71. The fourth-order valence-electron chi connectivity index (χ4n) is 1.03. The summed E-state index contributed by atoms with van der Waals surface area (Å²) in [5.74, 6) is -0.580. The van der Waals surface area contributed by atoms with Crippen LogP contribution >= 0.6 is 0 Å². The van der Waals surface area contributed by atoms with Gasteiger partial charge in [0.25, 0.3) is 5.91 Å². The number of amides is 1. The maximum Gasteiger partial charge on any atom is 0.284 e. The molecule has 1 aromatic carbocycles. The van der Waals surface area contributed by atoms with Gasteiger partial charge >= 0.3 is 0 Å². The minimum atomic E-state index is -0.580. The van der Waals surface area contributed by atoms with Crippen LogP contribution in [0.25, 0.3) is 0 Å². The smallest absolute Gasteiger partial charge is 0.284 e. The van der Waals surface area contributed by atoms with E-state index in [2.05, 4.69) is 5.32 Å². The molecule has 0 aromatic heterocycles. The Morgan fingerprint density at radius 1 is 1.46 bits per heavy atom. The molecule has 0 atom stereocenters. The van der Waals surface area contributed by atoms with E-state index in [1.54, 1.807) is 0 Å². The van der Waals surface area contributed by atoms with Gasteiger partial charge in [0.1, 0.15) is 0 Å². The number of aldehydes is 1. The molecule has 1 N–H and O–H groups in total. The quantitative estimate of drug-likeness (QED) is 0.548. The lowest BCUT2D eigenvalue weighted by molar-refractivity contribution is -0.131. The molecular formula is C10H11NO2. The van der Waals surface area contributed by atoms with Crippen LogP contribution in [0.1, 0.15) is 11.1 Å². The molecule has 0 heterocycles. The SMILES string of the molecule is Cc1ccccc1CNC(=O)C=O. The molecule has 0 radical (unpaired) electrons. The molecule has 1 aromatic rings. The molecule has 0 saturated carbocycles. The fraction of sp³-hybridized carbons (Fsp3) is 0.200. The fourth-order valence-corrected chi connectivity index (χ4v) is 1.03. The molecule has 0 saturated heterocycles. The molecule has 0 aliphatic carbocycles. The number of rotatable bonds is 3. The molecule has 0 spiro atoms. The van der Waals surface area contributed by atoms with Crippen molar-refractivity contribution in [1.29, 1.82) is 0 Å². The first-order valence-corrected chi connectivity index (χ1v) is 4.01. The number of nitrogens with one attached hydrogen (secondary N) is 1. The Kier molecular flexibility index (Phi) is 3.20. The van der Waals surface area contributed by atoms with Crippen molar-refractivity contribution in [2.45, 2.75) is 13.5 Å². The van der Waals surface area contributed by atoms with Crippen molar-refractivity contribution in [2.75, 3.05) is 0 Å². The predicted octanol–water partition coefficient (Wildman–Crippen LogP) is 0.810. The van der Waals surface area contributed by atoms with Crippen LogP contribution in [-0.2, 0) is 16.1 Å². The summed E-state index contributed by atoms with van der Waals surface area (Å²) < 4.78 is 0. The van der Waals surface area contributed by atoms with Crippen LogP contribution in [0.5, 0.6) is 0 Å². The summed E-state index contributed by atoms with van der Waals surface area (Å²) in [6.07, 6.45) is 0.276. The number of carbonyl (C=O) groups excluding carboxylic acids is 2. The molecule has 3 nitrogen and oxygen atoms in total. The highest BCUT2D eigenvalue weighted by Crippen LogP contribution is 2.05. The summed E-state index contributed by atoms with van der Waals surface area (Å²) in [4.78, 5) is 20.6. The number of carbonyl (C=O) groups is 2. The molecule has 0 bridgehead atoms. The van der Waals surface area contributed by atoms with Gasteiger partial charge in [0.15, 0.2) is 0 Å². The Labute approximate surface area is 76.8 Å². The second-order valence-corrected chi connectivity index (χ2v) is 2.76. The standard InChI is InChI=1S/C10H11NO2/c1-8-4-2-3-5-9(8)6-11-10(13)7-12/h2-5,7H,6H2,1H3,(H,11,13). The summed E-state index contributed by atoms with van der Waals surface area (Å²) in [6.45, 7) is 2.37. The van der Waals surface area contributed by atoms with Gasteiger partial charge in [-0.15, -0.1) is 0 Å². The minimum Gasteiger partial charge on any atom is -0.346 e. The molecule has 3 heteroatoms. The summed E-state index contributed by atoms with van der Waals surface area (Å²) in [6, 6.07) is 7.71. The van der Waals surface area contributed by atoms with E-state index in [-0.39, 0.29) is 6.29 Å². The van der Waals surface area contributed by atoms with E-state index in [9.17, 15) is 9.59 Å². The van der Waals surface area contributed by atoms with Gasteiger partial charge in [0, 0.05) is 6.54 Å². The van der Waals surface area contributed by atoms with E-state index in [0.717, 1.165) is 11.1 Å². The first-order chi connectivity index (χ1) is 6.24. The van der Waals surface area contributed by atoms with Gasteiger partial charge in [-0.05, 0) is 18.1 Å². The van der Waals surface area contributed by atoms with E-state index in [4.69, 9.17) is 0 Å². The van der Waals surface area contributed by atoms with Crippen LogP contribution in [0.4, 0.5) is 0 Å². The number of hydrogen-bond donors (Lipinski definition) is 1. The lowest BCUT2D eigenvalue weighted by Gasteiger charge is -2.04. The van der Waals surface area contributed by atoms with Gasteiger partial charge in [0.2, 0.25) is 6.29 Å². The number of aryl methyl sites for hydroxylation is 1. The number of hydrogen-bond acceptors (Lipinski definition) is 2. The maximum absolute atomic E-state index is 10.6. The predicted molar refractivity (Wildman–Crippen MR) is 49.1 cm³/mol. The largest absolute Gasteiger partial charge is 0.346 e. The average molecular weight is 177 g/mol. The lowest BCUT2D eigenvalue weighted by Crippen LogP contribution is -2.23. The normalized spacial score (nSPS) is 9.31. The van der Waals surface area contributed by atoms with Gasteiger partial charge in [-0.25, -0.2) is 0 Å². The van der Waals surface area contributed by atoms with Crippen molar-refractivity contribution in [3.8, 4) is 0 Å². The monoisotopic (exact) mass is 177 g/mol. The summed E-state index contributed by atoms with van der Waals surface area (Å²) in [5, 5.41) is 2.48. The topological polar surface area (TPSA) is 46.2 Å². The van der Waals surface area contributed by atoms with Crippen molar-refractivity contribution in [1.82, 2.24) is 5.32 Å². The molecule has 0 unspecified atom stereocenters. The Balaban J connectivity index is 2.59. The van der Waals surface area contributed by atoms with Crippen molar-refractivity contribution in [3.63, 3.8) is 0 Å². The Morgan fingerprint density at radius 3 is 2.77 bits per heavy atom. The van der Waals surface area contributed by atoms with Crippen LogP contribution in [0.3, 0.4) is 0 Å². The molecule has 68 valence electrons. The van der Waals surface area contributed by atoms with Crippen molar-refractivity contribution in [3.05, 3.63) is 35.4 Å². The van der Waals surface area contributed by atoms with Gasteiger partial charge in [-0.3, -0.25) is 9.59 Å². The highest BCUT2D eigenvalue weighted by Gasteiger charge is 1.99. The molecule has 13 heavy (non-hydrogen) atoms.